The van der Waals surface area contributed by atoms with Gasteiger partial charge >= 0.3 is 6.18 Å². The molecule has 1 amide bonds. The third-order valence-corrected chi connectivity index (χ3v) is 2.18. The number of carbonyl (C=O) groups is 1. The van der Waals surface area contributed by atoms with E-state index >= 15 is 0 Å². The van der Waals surface area contributed by atoms with E-state index < -0.39 is 24.7 Å². The topological polar surface area (TPSA) is 55.1 Å². The maximum atomic E-state index is 11.9. The van der Waals surface area contributed by atoms with Gasteiger partial charge in [-0.25, -0.2) is 0 Å². The average Bonchev–Trinajstić information content (AvgIpc) is 2.25. The number of nitrogens with two attached hydrogens (primary N) is 1. The summed E-state index contributed by atoms with van der Waals surface area (Å²) < 4.78 is 35.6. The van der Waals surface area contributed by atoms with Crippen LogP contribution in [0.25, 0.3) is 0 Å². The lowest BCUT2D eigenvalue weighted by Crippen LogP contribution is -2.39. The summed E-state index contributed by atoms with van der Waals surface area (Å²) in [6.07, 6.45) is -4.43. The number of benzene rings is 1. The maximum absolute atomic E-state index is 11.9. The monoisotopic (exact) mass is 282 g/mol. The molecule has 1 aromatic carbocycles. The quantitative estimate of drug-likeness (QED) is 0.892. The number of rotatable bonds is 3. The van der Waals surface area contributed by atoms with Gasteiger partial charge in [-0.2, -0.15) is 13.2 Å². The molecule has 7 heteroatoms. The molecular weight excluding hydrogens is 269 g/mol. The van der Waals surface area contributed by atoms with Gasteiger partial charge in [0.15, 0.2) is 0 Å². The summed E-state index contributed by atoms with van der Waals surface area (Å²) >= 11 is 0. The fourth-order valence-electron chi connectivity index (χ4n) is 1.22. The Balaban J connectivity index is 0.00000289. The predicted molar refractivity (Wildman–Crippen MR) is 64.4 cm³/mol. The van der Waals surface area contributed by atoms with Gasteiger partial charge in [-0.3, -0.25) is 4.79 Å². The third-order valence-electron chi connectivity index (χ3n) is 2.18. The molecule has 0 aliphatic rings. The van der Waals surface area contributed by atoms with Gasteiger partial charge in [0.2, 0.25) is 5.91 Å². The number of alkyl halides is 3. The van der Waals surface area contributed by atoms with E-state index in [4.69, 9.17) is 5.73 Å². The summed E-state index contributed by atoms with van der Waals surface area (Å²) in [4.78, 5) is 11.3. The molecular formula is C11H14ClF3N2O. The van der Waals surface area contributed by atoms with Crippen molar-refractivity contribution in [1.29, 1.82) is 0 Å². The summed E-state index contributed by atoms with van der Waals surface area (Å²) in [5.74, 6) is -0.842. The molecule has 3 nitrogen and oxygen atoms in total. The van der Waals surface area contributed by atoms with Crippen LogP contribution in [0.4, 0.5) is 13.2 Å². The van der Waals surface area contributed by atoms with Crippen molar-refractivity contribution in [2.75, 3.05) is 6.54 Å². The normalized spacial score (nSPS) is 12.5. The van der Waals surface area contributed by atoms with E-state index in [0.717, 1.165) is 5.56 Å². The number of amides is 1. The lowest BCUT2D eigenvalue weighted by molar-refractivity contribution is -0.139. The third kappa shape index (κ3) is 5.37. The van der Waals surface area contributed by atoms with Crippen LogP contribution in [0, 0.1) is 6.92 Å². The van der Waals surface area contributed by atoms with Crippen LogP contribution < -0.4 is 11.1 Å². The molecule has 1 atom stereocenters. The highest BCUT2D eigenvalue weighted by molar-refractivity contribution is 5.85. The predicted octanol–water partition coefficient (Wildman–Crippen LogP) is 2.10. The Hall–Kier alpha value is -1.27. The van der Waals surface area contributed by atoms with Crippen LogP contribution in [-0.4, -0.2) is 18.6 Å². The second kappa shape index (κ2) is 6.61. The molecule has 102 valence electrons. The van der Waals surface area contributed by atoms with E-state index in [9.17, 15) is 18.0 Å². The fraction of sp³-hybridized carbons (Fsp3) is 0.364. The SMILES string of the molecule is Cc1ccc(C(N)C(=O)NCC(F)(F)F)cc1.Cl. The largest absolute Gasteiger partial charge is 0.405 e. The number of aryl methyl sites for hydroxylation is 1. The highest BCUT2D eigenvalue weighted by Crippen LogP contribution is 2.14. The summed E-state index contributed by atoms with van der Waals surface area (Å²) in [7, 11) is 0. The van der Waals surface area contributed by atoms with Crippen molar-refractivity contribution in [3.63, 3.8) is 0 Å². The van der Waals surface area contributed by atoms with Gasteiger partial charge in [-0.15, -0.1) is 12.4 Å². The van der Waals surface area contributed by atoms with E-state index in [1.165, 1.54) is 0 Å². The maximum Gasteiger partial charge on any atom is 0.405 e. The van der Waals surface area contributed by atoms with Crippen LogP contribution in [0.15, 0.2) is 24.3 Å². The van der Waals surface area contributed by atoms with Gasteiger partial charge in [0.05, 0.1) is 0 Å². The van der Waals surface area contributed by atoms with Crippen molar-refractivity contribution in [3.05, 3.63) is 35.4 Å². The van der Waals surface area contributed by atoms with Crippen molar-refractivity contribution in [2.24, 2.45) is 5.73 Å². The zero-order chi connectivity index (χ0) is 13.1. The molecule has 1 aromatic rings. The Morgan fingerprint density at radius 1 is 1.33 bits per heavy atom. The van der Waals surface area contributed by atoms with Crippen LogP contribution in [0.5, 0.6) is 0 Å². The highest BCUT2D eigenvalue weighted by atomic mass is 35.5. The smallest absolute Gasteiger partial charge is 0.345 e. The minimum Gasteiger partial charge on any atom is -0.345 e. The fourth-order valence-corrected chi connectivity index (χ4v) is 1.22. The summed E-state index contributed by atoms with van der Waals surface area (Å²) in [6, 6.07) is 5.64. The number of carbonyl (C=O) groups excluding carboxylic acids is 1. The molecule has 1 rings (SSSR count). The minimum atomic E-state index is -4.43. The van der Waals surface area contributed by atoms with E-state index in [-0.39, 0.29) is 12.4 Å². The lowest BCUT2D eigenvalue weighted by atomic mass is 10.1. The van der Waals surface area contributed by atoms with Gasteiger partial charge in [-0.05, 0) is 12.5 Å². The van der Waals surface area contributed by atoms with Crippen LogP contribution in [-0.2, 0) is 4.79 Å². The summed E-state index contributed by atoms with van der Waals surface area (Å²) in [5.41, 5.74) is 7.00. The van der Waals surface area contributed by atoms with Crippen molar-refractivity contribution >= 4 is 18.3 Å². The number of hydrogen-bond acceptors (Lipinski definition) is 2. The van der Waals surface area contributed by atoms with Gasteiger partial charge < -0.3 is 11.1 Å². The van der Waals surface area contributed by atoms with E-state index in [1.807, 2.05) is 6.92 Å². The van der Waals surface area contributed by atoms with Crippen molar-refractivity contribution in [2.45, 2.75) is 19.1 Å². The van der Waals surface area contributed by atoms with Crippen molar-refractivity contribution in [3.8, 4) is 0 Å². The molecule has 18 heavy (non-hydrogen) atoms. The Morgan fingerprint density at radius 2 is 1.83 bits per heavy atom. The first-order valence-corrected chi connectivity index (χ1v) is 4.96. The molecule has 0 bridgehead atoms. The first-order valence-electron chi connectivity index (χ1n) is 4.96. The van der Waals surface area contributed by atoms with Gasteiger partial charge in [0.25, 0.3) is 0 Å². The molecule has 0 spiro atoms. The number of nitrogens with one attached hydrogen (secondary N) is 1. The molecule has 0 saturated carbocycles. The number of halogens is 4. The molecule has 0 heterocycles. The van der Waals surface area contributed by atoms with Crippen LogP contribution in [0.3, 0.4) is 0 Å². The summed E-state index contributed by atoms with van der Waals surface area (Å²) in [6.45, 7) is 0.490. The Bertz CT molecular complexity index is 392. The molecule has 3 N–H and O–H groups in total. The first kappa shape index (κ1) is 16.7. The highest BCUT2D eigenvalue weighted by Gasteiger charge is 2.29. The second-order valence-corrected chi connectivity index (χ2v) is 3.72. The number of hydrogen-bond donors (Lipinski definition) is 2. The van der Waals surface area contributed by atoms with E-state index in [1.54, 1.807) is 29.6 Å². The van der Waals surface area contributed by atoms with Gasteiger partial charge in [-0.1, -0.05) is 29.8 Å². The molecule has 0 fully saturated rings. The van der Waals surface area contributed by atoms with Crippen LogP contribution >= 0.6 is 12.4 Å². The Morgan fingerprint density at radius 3 is 2.28 bits per heavy atom. The standard InChI is InChI=1S/C11H13F3N2O.ClH/c1-7-2-4-8(5-3-7)9(15)10(17)16-6-11(12,13)14;/h2-5,9H,6,15H2,1H3,(H,16,17);1H. The molecule has 1 unspecified atom stereocenters. The molecule has 0 aliphatic carbocycles. The lowest BCUT2D eigenvalue weighted by Gasteiger charge is -2.14. The van der Waals surface area contributed by atoms with Crippen LogP contribution in [0.1, 0.15) is 17.2 Å². The zero-order valence-corrected chi connectivity index (χ0v) is 10.4. The van der Waals surface area contributed by atoms with Crippen molar-refractivity contribution in [1.82, 2.24) is 5.32 Å². The first-order chi connectivity index (χ1) is 7.79. The average molecular weight is 283 g/mol. The van der Waals surface area contributed by atoms with Crippen LogP contribution in [0.2, 0.25) is 0 Å². The molecule has 0 saturated heterocycles. The molecule has 0 radical (unpaired) electrons. The van der Waals surface area contributed by atoms with E-state index in [0.29, 0.717) is 5.56 Å². The van der Waals surface area contributed by atoms with Gasteiger partial charge in [0.1, 0.15) is 12.6 Å². The minimum absolute atomic E-state index is 0. The molecule has 0 aromatic heterocycles. The van der Waals surface area contributed by atoms with Gasteiger partial charge in [0, 0.05) is 0 Å². The Kier molecular flexibility index (Phi) is 6.14. The Labute approximate surface area is 109 Å². The second-order valence-electron chi connectivity index (χ2n) is 3.72. The summed E-state index contributed by atoms with van der Waals surface area (Å²) in [5, 5.41) is 1.75. The zero-order valence-electron chi connectivity index (χ0n) is 9.62. The van der Waals surface area contributed by atoms with Crippen molar-refractivity contribution < 1.29 is 18.0 Å². The van der Waals surface area contributed by atoms with E-state index in [2.05, 4.69) is 0 Å². The molecule has 0 aliphatic heterocycles.